The van der Waals surface area contributed by atoms with Crippen LogP contribution in [0.5, 0.6) is 11.5 Å². The van der Waals surface area contributed by atoms with Gasteiger partial charge in [-0.2, -0.15) is 0 Å². The maximum atomic E-state index is 13.9. The fourth-order valence-corrected chi connectivity index (χ4v) is 3.75. The lowest BCUT2D eigenvalue weighted by molar-refractivity contribution is -0.149. The molecular formula is C23H22FNO6S. The van der Waals surface area contributed by atoms with Crippen molar-refractivity contribution >= 4 is 35.0 Å². The van der Waals surface area contributed by atoms with E-state index in [0.717, 1.165) is 16.7 Å². The Bertz CT molecular complexity index is 1070. The van der Waals surface area contributed by atoms with Crippen molar-refractivity contribution in [3.63, 3.8) is 0 Å². The number of carbonyl (C=O) groups is 3. The number of amides is 2. The van der Waals surface area contributed by atoms with Crippen LogP contribution in [0.3, 0.4) is 0 Å². The summed E-state index contributed by atoms with van der Waals surface area (Å²) in [5.74, 6) is -0.804. The summed E-state index contributed by atoms with van der Waals surface area (Å²) in [6, 6.07) is 10.9. The summed E-state index contributed by atoms with van der Waals surface area (Å²) < 4.78 is 29.7. The van der Waals surface area contributed by atoms with Gasteiger partial charge in [0.1, 0.15) is 5.82 Å². The molecule has 0 radical (unpaired) electrons. The average molecular weight is 459 g/mol. The summed E-state index contributed by atoms with van der Waals surface area (Å²) in [6.07, 6.45) is 1.30. The Morgan fingerprint density at radius 3 is 2.59 bits per heavy atom. The van der Waals surface area contributed by atoms with E-state index in [2.05, 4.69) is 0 Å². The van der Waals surface area contributed by atoms with Gasteiger partial charge in [-0.3, -0.25) is 14.5 Å². The molecule has 168 valence electrons. The number of rotatable bonds is 8. The van der Waals surface area contributed by atoms with Gasteiger partial charge in [-0.05, 0) is 55.4 Å². The zero-order valence-corrected chi connectivity index (χ0v) is 18.6. The van der Waals surface area contributed by atoms with E-state index in [9.17, 15) is 18.8 Å². The number of hydrogen-bond acceptors (Lipinski definition) is 7. The van der Waals surface area contributed by atoms with Crippen molar-refractivity contribution in [2.75, 3.05) is 13.7 Å². The standard InChI is InChI=1S/C23H22FNO6S/c1-14(2)31-21(26)13-30-18-9-8-15(10-19(18)29-3)11-20-22(27)25(23(28)32-20)12-16-6-4-5-7-17(16)24/h4-11,14H,12-13H2,1-3H3/b20-11-. The molecule has 9 heteroatoms. The fraction of sp³-hybridized carbons (Fsp3) is 0.261. The first kappa shape index (κ1) is 23.3. The average Bonchev–Trinajstić information content (AvgIpc) is 3.01. The van der Waals surface area contributed by atoms with E-state index < -0.39 is 22.9 Å². The van der Waals surface area contributed by atoms with Gasteiger partial charge in [0.25, 0.3) is 11.1 Å². The first-order chi connectivity index (χ1) is 15.3. The molecule has 0 spiro atoms. The monoisotopic (exact) mass is 459 g/mol. The summed E-state index contributed by atoms with van der Waals surface area (Å²) in [5.41, 5.74) is 0.852. The molecule has 0 aromatic heterocycles. The Balaban J connectivity index is 1.73. The van der Waals surface area contributed by atoms with E-state index in [1.54, 1.807) is 50.3 Å². The van der Waals surface area contributed by atoms with E-state index in [-0.39, 0.29) is 29.7 Å². The van der Waals surface area contributed by atoms with Crippen molar-refractivity contribution in [3.8, 4) is 11.5 Å². The molecule has 3 rings (SSSR count). The van der Waals surface area contributed by atoms with Gasteiger partial charge in [-0.1, -0.05) is 24.3 Å². The van der Waals surface area contributed by atoms with Gasteiger partial charge in [0.15, 0.2) is 18.1 Å². The van der Waals surface area contributed by atoms with Crippen molar-refractivity contribution in [1.29, 1.82) is 0 Å². The quantitative estimate of drug-likeness (QED) is 0.427. The van der Waals surface area contributed by atoms with Crippen LogP contribution in [0, 0.1) is 5.82 Å². The lowest BCUT2D eigenvalue weighted by Gasteiger charge is -2.13. The zero-order valence-electron chi connectivity index (χ0n) is 17.8. The van der Waals surface area contributed by atoms with Gasteiger partial charge >= 0.3 is 5.97 Å². The largest absolute Gasteiger partial charge is 0.493 e. The zero-order chi connectivity index (χ0) is 23.3. The number of esters is 1. The summed E-state index contributed by atoms with van der Waals surface area (Å²) in [5, 5.41) is -0.472. The minimum Gasteiger partial charge on any atom is -0.493 e. The third-order valence-corrected chi connectivity index (χ3v) is 5.27. The molecule has 0 unspecified atom stereocenters. The van der Waals surface area contributed by atoms with Crippen LogP contribution in [0.15, 0.2) is 47.4 Å². The van der Waals surface area contributed by atoms with Gasteiger partial charge in [0.2, 0.25) is 0 Å². The minimum atomic E-state index is -0.505. The Morgan fingerprint density at radius 2 is 1.91 bits per heavy atom. The smallest absolute Gasteiger partial charge is 0.344 e. The molecule has 1 saturated heterocycles. The molecule has 0 saturated carbocycles. The highest BCUT2D eigenvalue weighted by molar-refractivity contribution is 8.18. The second kappa shape index (κ2) is 10.3. The molecular weight excluding hydrogens is 437 g/mol. The van der Waals surface area contributed by atoms with Gasteiger partial charge in [0, 0.05) is 5.56 Å². The van der Waals surface area contributed by atoms with Crippen LogP contribution >= 0.6 is 11.8 Å². The fourth-order valence-electron chi connectivity index (χ4n) is 2.91. The molecule has 7 nitrogen and oxygen atoms in total. The number of imide groups is 1. The number of hydrogen-bond donors (Lipinski definition) is 0. The third kappa shape index (κ3) is 5.67. The van der Waals surface area contributed by atoms with Crippen LogP contribution in [0.2, 0.25) is 0 Å². The van der Waals surface area contributed by atoms with Gasteiger partial charge < -0.3 is 14.2 Å². The summed E-state index contributed by atoms with van der Waals surface area (Å²) in [7, 11) is 1.45. The van der Waals surface area contributed by atoms with Crippen molar-refractivity contribution in [1.82, 2.24) is 4.90 Å². The molecule has 0 aliphatic carbocycles. The molecule has 1 aliphatic rings. The van der Waals surface area contributed by atoms with Crippen LogP contribution in [0.25, 0.3) is 6.08 Å². The predicted octanol–water partition coefficient (Wildman–Crippen LogP) is 4.40. The Morgan fingerprint density at radius 1 is 1.16 bits per heavy atom. The van der Waals surface area contributed by atoms with Crippen LogP contribution in [-0.2, 0) is 20.9 Å². The number of methoxy groups -OCH3 is 1. The van der Waals surface area contributed by atoms with Gasteiger partial charge in [-0.25, -0.2) is 9.18 Å². The van der Waals surface area contributed by atoms with E-state index >= 15 is 0 Å². The molecule has 1 aliphatic heterocycles. The summed E-state index contributed by atoms with van der Waals surface area (Å²) in [4.78, 5) is 37.9. The van der Waals surface area contributed by atoms with Crippen molar-refractivity contribution in [2.45, 2.75) is 26.5 Å². The molecule has 1 fully saturated rings. The maximum absolute atomic E-state index is 13.9. The number of halogens is 1. The number of carbonyl (C=O) groups excluding carboxylic acids is 3. The molecule has 0 bridgehead atoms. The lowest BCUT2D eigenvalue weighted by atomic mass is 10.1. The van der Waals surface area contributed by atoms with Gasteiger partial charge in [0.05, 0.1) is 24.7 Å². The first-order valence-corrected chi connectivity index (χ1v) is 10.6. The Kier molecular flexibility index (Phi) is 7.53. The second-order valence-electron chi connectivity index (χ2n) is 7.10. The molecule has 2 aromatic carbocycles. The van der Waals surface area contributed by atoms with Crippen molar-refractivity contribution in [3.05, 3.63) is 64.3 Å². The summed E-state index contributed by atoms with van der Waals surface area (Å²) >= 11 is 0.782. The number of ether oxygens (including phenoxy) is 3. The first-order valence-electron chi connectivity index (χ1n) is 9.77. The molecule has 32 heavy (non-hydrogen) atoms. The summed E-state index contributed by atoms with van der Waals surface area (Å²) in [6.45, 7) is 3.07. The second-order valence-corrected chi connectivity index (χ2v) is 8.09. The van der Waals surface area contributed by atoms with E-state index in [0.29, 0.717) is 17.1 Å². The Hall–Kier alpha value is -3.33. The third-order valence-electron chi connectivity index (χ3n) is 4.36. The van der Waals surface area contributed by atoms with Crippen LogP contribution in [0.1, 0.15) is 25.0 Å². The maximum Gasteiger partial charge on any atom is 0.344 e. The molecule has 2 aromatic rings. The number of benzene rings is 2. The highest BCUT2D eigenvalue weighted by Gasteiger charge is 2.35. The Labute approximate surface area is 189 Å². The van der Waals surface area contributed by atoms with Crippen LogP contribution in [0.4, 0.5) is 9.18 Å². The van der Waals surface area contributed by atoms with Gasteiger partial charge in [-0.15, -0.1) is 0 Å². The van der Waals surface area contributed by atoms with E-state index in [4.69, 9.17) is 14.2 Å². The number of thioether (sulfide) groups is 1. The van der Waals surface area contributed by atoms with E-state index in [1.165, 1.54) is 19.2 Å². The molecule has 1 heterocycles. The normalized spacial score (nSPS) is 14.9. The predicted molar refractivity (Wildman–Crippen MR) is 118 cm³/mol. The van der Waals surface area contributed by atoms with Crippen LogP contribution in [-0.4, -0.2) is 41.8 Å². The highest BCUT2D eigenvalue weighted by Crippen LogP contribution is 2.35. The van der Waals surface area contributed by atoms with E-state index in [1.807, 2.05) is 0 Å². The lowest BCUT2D eigenvalue weighted by Crippen LogP contribution is -2.27. The highest BCUT2D eigenvalue weighted by atomic mass is 32.2. The van der Waals surface area contributed by atoms with Crippen molar-refractivity contribution < 1.29 is 33.0 Å². The van der Waals surface area contributed by atoms with Crippen molar-refractivity contribution in [2.24, 2.45) is 0 Å². The van der Waals surface area contributed by atoms with Crippen LogP contribution < -0.4 is 9.47 Å². The number of nitrogens with zero attached hydrogens (tertiary/aromatic N) is 1. The topological polar surface area (TPSA) is 82.1 Å². The molecule has 2 amide bonds. The SMILES string of the molecule is COc1cc(/C=C2\SC(=O)N(Cc3ccccc3F)C2=O)ccc1OCC(=O)OC(C)C. The molecule has 0 atom stereocenters. The minimum absolute atomic E-state index is 0.142. The molecule has 0 N–H and O–H groups in total.